The summed E-state index contributed by atoms with van der Waals surface area (Å²) < 4.78 is 2.05. The van der Waals surface area contributed by atoms with Crippen LogP contribution in [0, 0.1) is 5.92 Å². The topological polar surface area (TPSA) is 91.6 Å². The fraction of sp³-hybridized carbons (Fsp3) is 0.375. The van der Waals surface area contributed by atoms with Gasteiger partial charge in [-0.1, -0.05) is 45.0 Å². The summed E-state index contributed by atoms with van der Waals surface area (Å²) in [5.41, 5.74) is 5.62. The lowest BCUT2D eigenvalue weighted by molar-refractivity contribution is 0.0764. The second-order valence-corrected chi connectivity index (χ2v) is 10.9. The third-order valence-corrected chi connectivity index (χ3v) is 7.12. The lowest BCUT2D eigenvalue weighted by Crippen LogP contribution is -2.31. The number of anilines is 1. The van der Waals surface area contributed by atoms with Crippen LogP contribution < -0.4 is 10.6 Å². The monoisotopic (exact) mass is 538 g/mol. The molecule has 40 heavy (non-hydrogen) atoms. The Hall–Kier alpha value is -4.20. The molecule has 0 aliphatic heterocycles. The van der Waals surface area contributed by atoms with Crippen LogP contribution in [0.1, 0.15) is 67.7 Å². The number of imidazole rings is 1. The molecule has 1 saturated carbocycles. The predicted octanol–water partition coefficient (Wildman–Crippen LogP) is 5.90. The van der Waals surface area contributed by atoms with Crippen LogP contribution in [0.5, 0.6) is 0 Å². The first kappa shape index (κ1) is 27.4. The van der Waals surface area contributed by atoms with Crippen LogP contribution in [-0.2, 0) is 0 Å². The fourth-order valence-corrected chi connectivity index (χ4v) is 4.69. The van der Waals surface area contributed by atoms with E-state index in [-0.39, 0.29) is 11.8 Å². The van der Waals surface area contributed by atoms with Crippen LogP contribution in [0.25, 0.3) is 28.2 Å². The minimum atomic E-state index is -0.0301. The second-order valence-electron chi connectivity index (χ2n) is 10.9. The molecule has 2 N–H and O–H groups in total. The van der Waals surface area contributed by atoms with Crippen molar-refractivity contribution in [1.29, 1.82) is 0 Å². The van der Waals surface area contributed by atoms with E-state index >= 15 is 0 Å². The van der Waals surface area contributed by atoms with Gasteiger partial charge < -0.3 is 15.5 Å². The first-order valence-corrected chi connectivity index (χ1v) is 14.3. The van der Waals surface area contributed by atoms with Gasteiger partial charge in [-0.05, 0) is 56.4 Å². The second kappa shape index (κ2) is 11.9. The number of carbonyl (C=O) groups is 2. The summed E-state index contributed by atoms with van der Waals surface area (Å²) in [6.45, 7) is 10.6. The molecule has 0 saturated heterocycles. The molecule has 2 heterocycles. The molecule has 0 unspecified atom stereocenters. The highest BCUT2D eigenvalue weighted by molar-refractivity contribution is 5.95. The number of aromatic nitrogens is 3. The molecular formula is C32H38N6O2. The Labute approximate surface area is 235 Å². The smallest absolute Gasteiger partial charge is 0.253 e. The van der Waals surface area contributed by atoms with Crippen molar-refractivity contribution >= 4 is 23.3 Å². The maximum atomic E-state index is 12.9. The predicted molar refractivity (Wildman–Crippen MR) is 160 cm³/mol. The van der Waals surface area contributed by atoms with Gasteiger partial charge in [-0.2, -0.15) is 0 Å². The zero-order valence-corrected chi connectivity index (χ0v) is 23.8. The first-order chi connectivity index (χ1) is 19.4. The van der Waals surface area contributed by atoms with E-state index in [4.69, 9.17) is 9.97 Å². The number of nitrogens with one attached hydrogen (secondary N) is 2. The van der Waals surface area contributed by atoms with Crippen molar-refractivity contribution in [3.8, 4) is 22.5 Å². The summed E-state index contributed by atoms with van der Waals surface area (Å²) in [5, 5.41) is 6.51. The van der Waals surface area contributed by atoms with Crippen molar-refractivity contribution in [3.63, 3.8) is 0 Å². The summed E-state index contributed by atoms with van der Waals surface area (Å²) in [5.74, 6) is 1.16. The van der Waals surface area contributed by atoms with Crippen molar-refractivity contribution in [2.75, 3.05) is 25.0 Å². The molecule has 2 aromatic carbocycles. The van der Waals surface area contributed by atoms with E-state index in [9.17, 15) is 9.59 Å². The van der Waals surface area contributed by atoms with Gasteiger partial charge in [0.05, 0.1) is 17.6 Å². The Morgan fingerprint density at radius 3 is 2.30 bits per heavy atom. The average molecular weight is 539 g/mol. The molecule has 5 rings (SSSR count). The van der Waals surface area contributed by atoms with Gasteiger partial charge >= 0.3 is 0 Å². The molecule has 1 aliphatic rings. The lowest BCUT2D eigenvalue weighted by Gasteiger charge is -2.20. The number of rotatable bonds is 11. The first-order valence-electron chi connectivity index (χ1n) is 14.3. The Balaban J connectivity index is 1.49. The molecule has 2 amide bonds. The summed E-state index contributed by atoms with van der Waals surface area (Å²) >= 11 is 0. The molecule has 1 fully saturated rings. The maximum absolute atomic E-state index is 12.9. The van der Waals surface area contributed by atoms with Gasteiger partial charge in [-0.15, -0.1) is 0 Å². The van der Waals surface area contributed by atoms with E-state index in [0.29, 0.717) is 35.4 Å². The zero-order chi connectivity index (χ0) is 28.2. The number of hydrogen-bond donors (Lipinski definition) is 2. The number of benzene rings is 2. The maximum Gasteiger partial charge on any atom is 0.253 e. The quantitative estimate of drug-likeness (QED) is 0.248. The highest BCUT2D eigenvalue weighted by Crippen LogP contribution is 2.29. The number of hydrogen-bond acceptors (Lipinski definition) is 5. The van der Waals surface area contributed by atoms with E-state index in [1.807, 2.05) is 77.1 Å². The van der Waals surface area contributed by atoms with E-state index in [1.54, 1.807) is 0 Å². The van der Waals surface area contributed by atoms with Gasteiger partial charge in [0.2, 0.25) is 0 Å². The molecule has 0 spiro atoms. The number of fused-ring (bicyclic) bond motifs is 1. The SMILES string of the molecule is CCCN(CC)C(=O)c1ccc(-c2cn3c(-c4ccc(C(=O)NC5CC5)cc4)cnc3c(NCC(C)C)n2)cc1. The van der Waals surface area contributed by atoms with Crippen LogP contribution >= 0.6 is 0 Å². The van der Waals surface area contributed by atoms with Crippen LogP contribution in [0.15, 0.2) is 60.9 Å². The molecular weight excluding hydrogens is 500 g/mol. The molecule has 0 atom stereocenters. The molecule has 8 heteroatoms. The van der Waals surface area contributed by atoms with E-state index in [2.05, 4.69) is 31.4 Å². The Morgan fingerprint density at radius 1 is 1.00 bits per heavy atom. The Kier molecular flexibility index (Phi) is 8.14. The number of carbonyl (C=O) groups excluding carboxylic acids is 2. The molecule has 4 aromatic rings. The lowest BCUT2D eigenvalue weighted by atomic mass is 10.1. The highest BCUT2D eigenvalue weighted by Gasteiger charge is 2.24. The summed E-state index contributed by atoms with van der Waals surface area (Å²) in [4.78, 5) is 36.9. The van der Waals surface area contributed by atoms with Crippen molar-refractivity contribution in [2.45, 2.75) is 53.0 Å². The molecule has 1 aliphatic carbocycles. The van der Waals surface area contributed by atoms with Gasteiger partial charge in [0.1, 0.15) is 0 Å². The zero-order valence-electron chi connectivity index (χ0n) is 23.8. The van der Waals surface area contributed by atoms with Gasteiger partial charge in [0, 0.05) is 54.1 Å². The van der Waals surface area contributed by atoms with Crippen molar-refractivity contribution in [3.05, 3.63) is 72.1 Å². The molecule has 208 valence electrons. The van der Waals surface area contributed by atoms with Gasteiger partial charge in [-0.3, -0.25) is 14.0 Å². The van der Waals surface area contributed by atoms with Crippen LogP contribution in [-0.4, -0.2) is 56.8 Å². The summed E-state index contributed by atoms with van der Waals surface area (Å²) in [6, 6.07) is 15.6. The number of nitrogens with zero attached hydrogens (tertiary/aromatic N) is 4. The number of amides is 2. The summed E-state index contributed by atoms with van der Waals surface area (Å²) in [7, 11) is 0. The Bertz CT molecular complexity index is 1490. The largest absolute Gasteiger partial charge is 0.367 e. The van der Waals surface area contributed by atoms with Gasteiger partial charge in [0.25, 0.3) is 11.8 Å². The average Bonchev–Trinajstić information content (AvgIpc) is 3.69. The van der Waals surface area contributed by atoms with Crippen LogP contribution in [0.2, 0.25) is 0 Å². The molecule has 8 nitrogen and oxygen atoms in total. The third kappa shape index (κ3) is 6.01. The third-order valence-electron chi connectivity index (χ3n) is 7.12. The van der Waals surface area contributed by atoms with Crippen molar-refractivity contribution in [2.24, 2.45) is 5.92 Å². The molecule has 0 bridgehead atoms. The van der Waals surface area contributed by atoms with E-state index in [0.717, 1.165) is 60.5 Å². The van der Waals surface area contributed by atoms with Crippen LogP contribution in [0.3, 0.4) is 0 Å². The van der Waals surface area contributed by atoms with Gasteiger partial charge in [0.15, 0.2) is 11.5 Å². The fourth-order valence-electron chi connectivity index (χ4n) is 4.69. The molecule has 0 radical (unpaired) electrons. The van der Waals surface area contributed by atoms with E-state index < -0.39 is 0 Å². The Morgan fingerprint density at radius 2 is 1.68 bits per heavy atom. The van der Waals surface area contributed by atoms with Crippen molar-refractivity contribution in [1.82, 2.24) is 24.6 Å². The van der Waals surface area contributed by atoms with Crippen LogP contribution in [0.4, 0.5) is 5.82 Å². The standard InChI is InChI=1S/C32H38N6O2/c1-5-17-37(6-2)32(40)25-13-7-22(8-14-25)27-20-38-28(19-34-30(38)29(36-27)33-18-21(3)4)23-9-11-24(12-10-23)31(39)35-26-15-16-26/h7-14,19-21,26H,5-6,15-18H2,1-4H3,(H,33,36)(H,35,39). The summed E-state index contributed by atoms with van der Waals surface area (Å²) in [6.07, 6.45) is 6.87. The normalized spacial score (nSPS) is 13.0. The minimum Gasteiger partial charge on any atom is -0.367 e. The van der Waals surface area contributed by atoms with Crippen molar-refractivity contribution < 1.29 is 9.59 Å². The van der Waals surface area contributed by atoms with Gasteiger partial charge in [-0.25, -0.2) is 9.97 Å². The highest BCUT2D eigenvalue weighted by atomic mass is 16.2. The van der Waals surface area contributed by atoms with E-state index in [1.165, 1.54) is 0 Å². The molecule has 2 aromatic heterocycles. The minimum absolute atomic E-state index is 0.0301.